The molecule has 0 saturated carbocycles. The molecule has 1 aliphatic heterocycles. The molecule has 20 heavy (non-hydrogen) atoms. The molecule has 8 nitrogen and oxygen atoms in total. The van der Waals surface area contributed by atoms with Crippen molar-refractivity contribution in [3.8, 4) is 0 Å². The summed E-state index contributed by atoms with van der Waals surface area (Å²) in [5, 5.41) is 19.5. The van der Waals surface area contributed by atoms with Crippen LogP contribution in [0.15, 0.2) is 6.07 Å². The highest BCUT2D eigenvalue weighted by Crippen LogP contribution is 2.34. The normalized spacial score (nSPS) is 18.9. The van der Waals surface area contributed by atoms with E-state index in [-0.39, 0.29) is 34.6 Å². The van der Waals surface area contributed by atoms with E-state index in [9.17, 15) is 19.7 Å². The standard InChI is InChI=1S/C10H9ClN2O6S/c11-8-5(13(17)18)3-7(20-8)9(14)12-1-2-19-6(4-12)10(15)16/h3,6H,1-2,4H2,(H,15,16). The lowest BCUT2D eigenvalue weighted by atomic mass is 10.2. The van der Waals surface area contributed by atoms with Crippen molar-refractivity contribution in [2.45, 2.75) is 6.10 Å². The maximum atomic E-state index is 12.2. The van der Waals surface area contributed by atoms with Crippen LogP contribution in [0.5, 0.6) is 0 Å². The van der Waals surface area contributed by atoms with Gasteiger partial charge in [0.1, 0.15) is 4.88 Å². The Labute approximate surface area is 121 Å². The molecule has 1 unspecified atom stereocenters. The van der Waals surface area contributed by atoms with Crippen LogP contribution in [0.25, 0.3) is 0 Å². The van der Waals surface area contributed by atoms with Gasteiger partial charge in [-0.3, -0.25) is 14.9 Å². The Morgan fingerprint density at radius 1 is 1.60 bits per heavy atom. The average molecular weight is 321 g/mol. The minimum atomic E-state index is -1.15. The van der Waals surface area contributed by atoms with Crippen molar-refractivity contribution >= 4 is 40.5 Å². The molecular formula is C10H9ClN2O6S. The number of morpholine rings is 1. The van der Waals surface area contributed by atoms with Gasteiger partial charge in [0.25, 0.3) is 11.6 Å². The lowest BCUT2D eigenvalue weighted by Gasteiger charge is -2.30. The fraction of sp³-hybridized carbons (Fsp3) is 0.400. The van der Waals surface area contributed by atoms with Gasteiger partial charge in [-0.05, 0) is 0 Å². The number of amides is 1. The molecule has 0 aromatic carbocycles. The van der Waals surface area contributed by atoms with Crippen LogP contribution in [-0.2, 0) is 9.53 Å². The van der Waals surface area contributed by atoms with Crippen LogP contribution in [0.4, 0.5) is 5.69 Å². The molecule has 10 heteroatoms. The highest BCUT2D eigenvalue weighted by molar-refractivity contribution is 7.18. The van der Waals surface area contributed by atoms with Gasteiger partial charge in [0, 0.05) is 12.6 Å². The highest BCUT2D eigenvalue weighted by Gasteiger charge is 2.31. The Bertz CT molecular complexity index is 574. The maximum absolute atomic E-state index is 12.2. The van der Waals surface area contributed by atoms with E-state index in [2.05, 4.69) is 0 Å². The lowest BCUT2D eigenvalue weighted by Crippen LogP contribution is -2.48. The first-order valence-electron chi connectivity index (χ1n) is 5.47. The molecule has 1 N–H and O–H groups in total. The molecule has 1 amide bonds. The van der Waals surface area contributed by atoms with E-state index in [1.165, 1.54) is 4.90 Å². The predicted molar refractivity (Wildman–Crippen MR) is 69.3 cm³/mol. The van der Waals surface area contributed by atoms with E-state index >= 15 is 0 Å². The van der Waals surface area contributed by atoms with Crippen LogP contribution in [0.1, 0.15) is 9.67 Å². The topological polar surface area (TPSA) is 110 Å². The number of carbonyl (C=O) groups excluding carboxylic acids is 1. The molecule has 1 saturated heterocycles. The number of thiophene rings is 1. The lowest BCUT2D eigenvalue weighted by molar-refractivity contribution is -0.384. The molecule has 1 aliphatic rings. The second kappa shape index (κ2) is 5.73. The number of carboxylic acids is 1. The number of hydrogen-bond donors (Lipinski definition) is 1. The molecule has 1 fully saturated rings. The second-order valence-corrected chi connectivity index (χ2v) is 5.63. The van der Waals surface area contributed by atoms with Crippen molar-refractivity contribution in [3.63, 3.8) is 0 Å². The number of hydrogen-bond acceptors (Lipinski definition) is 6. The van der Waals surface area contributed by atoms with Crippen LogP contribution in [-0.4, -0.2) is 52.6 Å². The van der Waals surface area contributed by atoms with Crippen molar-refractivity contribution in [2.75, 3.05) is 19.7 Å². The first-order valence-corrected chi connectivity index (χ1v) is 6.67. The summed E-state index contributed by atoms with van der Waals surface area (Å²) in [6.07, 6.45) is -1.09. The predicted octanol–water partition coefficient (Wildman–Crippen LogP) is 1.24. The van der Waals surface area contributed by atoms with Crippen molar-refractivity contribution in [2.24, 2.45) is 0 Å². The fourth-order valence-corrected chi connectivity index (χ4v) is 2.92. The second-order valence-electron chi connectivity index (χ2n) is 3.98. The van der Waals surface area contributed by atoms with Crippen LogP contribution in [0.3, 0.4) is 0 Å². The number of aliphatic carboxylic acids is 1. The molecule has 0 spiro atoms. The number of ether oxygens (including phenoxy) is 1. The van der Waals surface area contributed by atoms with Gasteiger partial charge < -0.3 is 14.7 Å². The van der Waals surface area contributed by atoms with Gasteiger partial charge >= 0.3 is 5.97 Å². The number of halogens is 1. The van der Waals surface area contributed by atoms with E-state index < -0.39 is 22.9 Å². The first-order chi connectivity index (χ1) is 9.40. The molecule has 1 aromatic rings. The van der Waals surface area contributed by atoms with Gasteiger partial charge in [-0.25, -0.2) is 4.79 Å². The van der Waals surface area contributed by atoms with Gasteiger partial charge in [0.15, 0.2) is 10.4 Å². The molecule has 0 radical (unpaired) electrons. The van der Waals surface area contributed by atoms with Gasteiger partial charge in [0.2, 0.25) is 0 Å². The largest absolute Gasteiger partial charge is 0.479 e. The minimum Gasteiger partial charge on any atom is -0.479 e. The maximum Gasteiger partial charge on any atom is 0.334 e. The Balaban J connectivity index is 2.16. The van der Waals surface area contributed by atoms with E-state index in [1.54, 1.807) is 0 Å². The molecule has 2 rings (SSSR count). The third-order valence-corrected chi connectivity index (χ3v) is 4.03. The average Bonchev–Trinajstić information content (AvgIpc) is 2.80. The monoisotopic (exact) mass is 320 g/mol. The van der Waals surface area contributed by atoms with Crippen molar-refractivity contribution < 1.29 is 24.4 Å². The Morgan fingerprint density at radius 3 is 2.85 bits per heavy atom. The summed E-state index contributed by atoms with van der Waals surface area (Å²) >= 11 is 6.49. The zero-order chi connectivity index (χ0) is 14.9. The smallest absolute Gasteiger partial charge is 0.334 e. The summed E-state index contributed by atoms with van der Waals surface area (Å²) in [5.74, 6) is -1.64. The van der Waals surface area contributed by atoms with Crippen LogP contribution >= 0.6 is 22.9 Å². The Kier molecular flexibility index (Phi) is 4.21. The van der Waals surface area contributed by atoms with E-state index in [0.717, 1.165) is 17.4 Å². The van der Waals surface area contributed by atoms with Crippen LogP contribution in [0, 0.1) is 10.1 Å². The van der Waals surface area contributed by atoms with Gasteiger partial charge in [-0.1, -0.05) is 11.6 Å². The van der Waals surface area contributed by atoms with Crippen LogP contribution in [0.2, 0.25) is 4.34 Å². The minimum absolute atomic E-state index is 0.0820. The molecule has 1 aromatic heterocycles. The third-order valence-electron chi connectivity index (χ3n) is 2.71. The zero-order valence-corrected chi connectivity index (χ0v) is 11.5. The molecule has 0 aliphatic carbocycles. The van der Waals surface area contributed by atoms with E-state index in [1.807, 2.05) is 0 Å². The number of nitrogens with zero attached hydrogens (tertiary/aromatic N) is 2. The SMILES string of the molecule is O=C(O)C1CN(C(=O)c2cc([N+](=O)[O-])c(Cl)s2)CCO1. The summed E-state index contributed by atoms with van der Waals surface area (Å²) in [6.45, 7) is 0.229. The van der Waals surface area contributed by atoms with Crippen molar-refractivity contribution in [1.82, 2.24) is 4.90 Å². The molecular weight excluding hydrogens is 312 g/mol. The summed E-state index contributed by atoms with van der Waals surface area (Å²) in [5.41, 5.74) is -0.330. The Morgan fingerprint density at radius 2 is 2.30 bits per heavy atom. The molecule has 108 valence electrons. The number of carboxylic acid groups (broad SMARTS) is 1. The summed E-state index contributed by atoms with van der Waals surface area (Å²) < 4.78 is 4.92. The zero-order valence-electron chi connectivity index (χ0n) is 9.95. The number of carbonyl (C=O) groups is 2. The summed E-state index contributed by atoms with van der Waals surface area (Å²) in [6, 6.07) is 1.10. The highest BCUT2D eigenvalue weighted by atomic mass is 35.5. The van der Waals surface area contributed by atoms with Gasteiger partial charge in [0.05, 0.1) is 18.1 Å². The first kappa shape index (κ1) is 14.7. The summed E-state index contributed by atoms with van der Waals surface area (Å²) in [4.78, 5) is 34.4. The quantitative estimate of drug-likeness (QED) is 0.662. The van der Waals surface area contributed by atoms with E-state index in [0.29, 0.717) is 0 Å². The number of nitro groups is 1. The van der Waals surface area contributed by atoms with Crippen LogP contribution < -0.4 is 0 Å². The third kappa shape index (κ3) is 2.89. The van der Waals surface area contributed by atoms with Gasteiger partial charge in [-0.2, -0.15) is 0 Å². The molecule has 1 atom stereocenters. The fourth-order valence-electron chi connectivity index (χ4n) is 1.73. The molecule has 0 bridgehead atoms. The van der Waals surface area contributed by atoms with Gasteiger partial charge in [-0.15, -0.1) is 11.3 Å². The van der Waals surface area contributed by atoms with Crippen molar-refractivity contribution in [1.29, 1.82) is 0 Å². The Hall–Kier alpha value is -1.71. The number of rotatable bonds is 3. The summed E-state index contributed by atoms with van der Waals surface area (Å²) in [7, 11) is 0. The molecule has 2 heterocycles. The van der Waals surface area contributed by atoms with E-state index in [4.69, 9.17) is 21.4 Å². The van der Waals surface area contributed by atoms with Crippen molar-refractivity contribution in [3.05, 3.63) is 25.4 Å².